The van der Waals surface area contributed by atoms with Crippen LogP contribution in [0, 0.1) is 0 Å². The number of benzene rings is 1. The summed E-state index contributed by atoms with van der Waals surface area (Å²) in [5.41, 5.74) is 1.80. The average molecular weight is 310 g/mol. The number of thiophene rings is 1. The standard InChI is InChI=1S/C15H16ClNO2S/c1-10(13-6-7-14(16)20-13)15(19)17-12-4-2-11(3-5-12)8-9-18/h2-7,10,18H,8-9H2,1H3,(H,17,19). The topological polar surface area (TPSA) is 49.3 Å². The monoisotopic (exact) mass is 309 g/mol. The van der Waals surface area contributed by atoms with Crippen LogP contribution in [0.25, 0.3) is 0 Å². The predicted octanol–water partition coefficient (Wildman–Crippen LogP) is 3.68. The zero-order valence-corrected chi connectivity index (χ0v) is 12.7. The Morgan fingerprint density at radius 3 is 2.55 bits per heavy atom. The van der Waals surface area contributed by atoms with E-state index in [0.29, 0.717) is 10.8 Å². The van der Waals surface area contributed by atoms with Crippen molar-refractivity contribution in [3.63, 3.8) is 0 Å². The van der Waals surface area contributed by atoms with E-state index in [1.165, 1.54) is 11.3 Å². The molecule has 0 spiro atoms. The molecule has 0 aliphatic rings. The van der Waals surface area contributed by atoms with E-state index in [1.54, 1.807) is 6.07 Å². The summed E-state index contributed by atoms with van der Waals surface area (Å²) in [6.07, 6.45) is 0.623. The summed E-state index contributed by atoms with van der Waals surface area (Å²) >= 11 is 7.30. The molecule has 0 aliphatic carbocycles. The summed E-state index contributed by atoms with van der Waals surface area (Å²) in [7, 11) is 0. The van der Waals surface area contributed by atoms with E-state index in [0.717, 1.165) is 16.1 Å². The van der Waals surface area contributed by atoms with Gasteiger partial charge in [-0.15, -0.1) is 11.3 Å². The predicted molar refractivity (Wildman–Crippen MR) is 83.6 cm³/mol. The molecule has 1 aromatic heterocycles. The zero-order valence-electron chi connectivity index (χ0n) is 11.1. The van der Waals surface area contributed by atoms with Crippen LogP contribution >= 0.6 is 22.9 Å². The largest absolute Gasteiger partial charge is 0.396 e. The smallest absolute Gasteiger partial charge is 0.232 e. The SMILES string of the molecule is CC(C(=O)Nc1ccc(CCO)cc1)c1ccc(Cl)s1. The van der Waals surface area contributed by atoms with Crippen LogP contribution in [0.2, 0.25) is 4.34 Å². The molecule has 0 saturated heterocycles. The summed E-state index contributed by atoms with van der Waals surface area (Å²) in [5, 5.41) is 11.7. The molecule has 2 aromatic rings. The third-order valence-corrected chi connectivity index (χ3v) is 4.45. The van der Waals surface area contributed by atoms with Gasteiger partial charge in [0.25, 0.3) is 0 Å². The lowest BCUT2D eigenvalue weighted by atomic mass is 10.1. The molecule has 2 N–H and O–H groups in total. The van der Waals surface area contributed by atoms with Crippen LogP contribution in [0.5, 0.6) is 0 Å². The molecule has 1 amide bonds. The fourth-order valence-corrected chi connectivity index (χ4v) is 2.94. The van der Waals surface area contributed by atoms with E-state index in [4.69, 9.17) is 16.7 Å². The average Bonchev–Trinajstić information content (AvgIpc) is 2.87. The number of halogens is 1. The number of nitrogens with one attached hydrogen (secondary N) is 1. The highest BCUT2D eigenvalue weighted by Crippen LogP contribution is 2.28. The van der Waals surface area contributed by atoms with Crippen molar-refractivity contribution in [3.8, 4) is 0 Å². The second-order valence-corrected chi connectivity index (χ2v) is 6.27. The molecule has 106 valence electrons. The highest BCUT2D eigenvalue weighted by Gasteiger charge is 2.17. The summed E-state index contributed by atoms with van der Waals surface area (Å²) in [5.74, 6) is -0.289. The van der Waals surface area contributed by atoms with Gasteiger partial charge in [-0.2, -0.15) is 0 Å². The molecule has 0 fully saturated rings. The van der Waals surface area contributed by atoms with Gasteiger partial charge in [0.15, 0.2) is 0 Å². The van der Waals surface area contributed by atoms with Gasteiger partial charge in [0.2, 0.25) is 5.91 Å². The van der Waals surface area contributed by atoms with E-state index in [1.807, 2.05) is 37.3 Å². The Kier molecular flexibility index (Phi) is 5.17. The van der Waals surface area contributed by atoms with E-state index in [9.17, 15) is 4.79 Å². The maximum absolute atomic E-state index is 12.1. The van der Waals surface area contributed by atoms with Gasteiger partial charge in [-0.3, -0.25) is 4.79 Å². The zero-order chi connectivity index (χ0) is 14.5. The third kappa shape index (κ3) is 3.82. The molecule has 1 unspecified atom stereocenters. The van der Waals surface area contributed by atoms with E-state index >= 15 is 0 Å². The first-order valence-electron chi connectivity index (χ1n) is 6.36. The number of aliphatic hydroxyl groups is 1. The minimum atomic E-state index is -0.232. The Bertz CT molecular complexity index is 580. The Morgan fingerprint density at radius 1 is 1.30 bits per heavy atom. The van der Waals surface area contributed by atoms with Crippen LogP contribution in [-0.2, 0) is 11.2 Å². The molecule has 5 heteroatoms. The summed E-state index contributed by atoms with van der Waals surface area (Å²) in [6.45, 7) is 1.99. The van der Waals surface area contributed by atoms with Gasteiger partial charge in [0.05, 0.1) is 10.3 Å². The van der Waals surface area contributed by atoms with Crippen molar-refractivity contribution in [2.45, 2.75) is 19.3 Å². The number of carbonyl (C=O) groups excluding carboxylic acids is 1. The molecular formula is C15H16ClNO2S. The van der Waals surface area contributed by atoms with Gasteiger partial charge in [0, 0.05) is 17.2 Å². The van der Waals surface area contributed by atoms with Crippen molar-refractivity contribution in [3.05, 3.63) is 51.2 Å². The van der Waals surface area contributed by atoms with Gasteiger partial charge < -0.3 is 10.4 Å². The van der Waals surface area contributed by atoms with Gasteiger partial charge in [-0.05, 0) is 43.2 Å². The first-order valence-corrected chi connectivity index (χ1v) is 7.55. The van der Waals surface area contributed by atoms with Crippen molar-refractivity contribution in [2.75, 3.05) is 11.9 Å². The van der Waals surface area contributed by atoms with Crippen molar-refractivity contribution in [2.24, 2.45) is 0 Å². The quantitative estimate of drug-likeness (QED) is 0.885. The minimum absolute atomic E-state index is 0.0570. The van der Waals surface area contributed by atoms with Crippen LogP contribution in [0.3, 0.4) is 0 Å². The van der Waals surface area contributed by atoms with E-state index in [-0.39, 0.29) is 18.4 Å². The number of rotatable bonds is 5. The molecule has 0 saturated carbocycles. The molecule has 20 heavy (non-hydrogen) atoms. The summed E-state index contributed by atoms with van der Waals surface area (Å²) in [6, 6.07) is 11.2. The first kappa shape index (κ1) is 15.0. The van der Waals surface area contributed by atoms with Gasteiger partial charge in [-0.1, -0.05) is 23.7 Å². The second kappa shape index (κ2) is 6.88. The minimum Gasteiger partial charge on any atom is -0.396 e. The van der Waals surface area contributed by atoms with Crippen molar-refractivity contribution >= 4 is 34.5 Å². The van der Waals surface area contributed by atoms with Crippen LogP contribution in [0.1, 0.15) is 23.3 Å². The molecule has 0 aliphatic heterocycles. The fraction of sp³-hybridized carbons (Fsp3) is 0.267. The van der Waals surface area contributed by atoms with Crippen molar-refractivity contribution in [1.29, 1.82) is 0 Å². The molecule has 0 bridgehead atoms. The maximum atomic E-state index is 12.1. The number of hydrogen-bond acceptors (Lipinski definition) is 3. The van der Waals surface area contributed by atoms with Crippen LogP contribution in [0.4, 0.5) is 5.69 Å². The van der Waals surface area contributed by atoms with E-state index in [2.05, 4.69) is 5.32 Å². The summed E-state index contributed by atoms with van der Waals surface area (Å²) in [4.78, 5) is 13.1. The highest BCUT2D eigenvalue weighted by molar-refractivity contribution is 7.16. The van der Waals surface area contributed by atoms with E-state index < -0.39 is 0 Å². The van der Waals surface area contributed by atoms with Crippen molar-refractivity contribution in [1.82, 2.24) is 0 Å². The molecule has 1 heterocycles. The number of aliphatic hydroxyl groups excluding tert-OH is 1. The van der Waals surface area contributed by atoms with Crippen LogP contribution < -0.4 is 5.32 Å². The normalized spacial score (nSPS) is 12.2. The third-order valence-electron chi connectivity index (χ3n) is 3.04. The Morgan fingerprint density at radius 2 is 2.00 bits per heavy atom. The molecule has 1 atom stereocenters. The Hall–Kier alpha value is -1.36. The lowest BCUT2D eigenvalue weighted by molar-refractivity contribution is -0.117. The molecule has 1 aromatic carbocycles. The lowest BCUT2D eigenvalue weighted by Gasteiger charge is -2.11. The van der Waals surface area contributed by atoms with Gasteiger partial charge in [0.1, 0.15) is 0 Å². The van der Waals surface area contributed by atoms with Gasteiger partial charge >= 0.3 is 0 Å². The van der Waals surface area contributed by atoms with Gasteiger partial charge in [-0.25, -0.2) is 0 Å². The van der Waals surface area contributed by atoms with Crippen LogP contribution in [-0.4, -0.2) is 17.6 Å². The summed E-state index contributed by atoms with van der Waals surface area (Å²) < 4.78 is 0.688. The molecule has 3 nitrogen and oxygen atoms in total. The number of amides is 1. The fourth-order valence-electron chi connectivity index (χ4n) is 1.82. The Balaban J connectivity index is 2.00. The molecule has 2 rings (SSSR count). The number of anilines is 1. The second-order valence-electron chi connectivity index (χ2n) is 4.52. The number of hydrogen-bond donors (Lipinski definition) is 2. The lowest BCUT2D eigenvalue weighted by Crippen LogP contribution is -2.18. The Labute approximate surface area is 127 Å². The molecular weight excluding hydrogens is 294 g/mol. The number of carbonyl (C=O) groups is 1. The maximum Gasteiger partial charge on any atom is 0.232 e. The first-order chi connectivity index (χ1) is 9.60. The highest BCUT2D eigenvalue weighted by atomic mass is 35.5. The van der Waals surface area contributed by atoms with Crippen molar-refractivity contribution < 1.29 is 9.90 Å². The molecule has 0 radical (unpaired) electrons. The van der Waals surface area contributed by atoms with Crippen LogP contribution in [0.15, 0.2) is 36.4 Å².